The van der Waals surface area contributed by atoms with Crippen LogP contribution in [-0.2, 0) is 9.53 Å². The number of carbonyl (C=O) groups excluding carboxylic acids is 1. The zero-order chi connectivity index (χ0) is 8.04. The van der Waals surface area contributed by atoms with Crippen molar-refractivity contribution >= 4 is 6.29 Å². The maximum atomic E-state index is 9.80. The zero-order valence-corrected chi connectivity index (χ0v) is 8.10. The highest BCUT2D eigenvalue weighted by atomic mass is 35.5. The largest absolute Gasteiger partial charge is 1.00 e. The lowest BCUT2D eigenvalue weighted by atomic mass is 10.5. The van der Waals surface area contributed by atoms with E-state index in [0.717, 1.165) is 17.3 Å². The van der Waals surface area contributed by atoms with Gasteiger partial charge >= 0.3 is 0 Å². The molecule has 0 aliphatic rings. The molecule has 0 saturated carbocycles. The van der Waals surface area contributed by atoms with E-state index in [-0.39, 0.29) is 19.0 Å². The predicted molar refractivity (Wildman–Crippen MR) is 39.8 cm³/mol. The summed E-state index contributed by atoms with van der Waals surface area (Å²) < 4.78 is 5.85. The van der Waals surface area contributed by atoms with Gasteiger partial charge in [0.2, 0.25) is 0 Å². The van der Waals surface area contributed by atoms with Crippen molar-refractivity contribution in [2.24, 2.45) is 0 Å². The molecule has 0 bridgehead atoms. The molecule has 68 valence electrons. The van der Waals surface area contributed by atoms with Crippen LogP contribution in [0, 0.1) is 0 Å². The Morgan fingerprint density at radius 1 is 1.36 bits per heavy atom. The molecule has 0 fully saturated rings. The molecular formula is C7H16ClNO2. The molecule has 3 nitrogen and oxygen atoms in total. The molecule has 0 unspecified atom stereocenters. The molecule has 0 amide bonds. The average Bonchev–Trinajstić information content (AvgIpc) is 1.78. The lowest BCUT2D eigenvalue weighted by Crippen LogP contribution is -3.00. The second kappa shape index (κ2) is 6.58. The van der Waals surface area contributed by atoms with Crippen LogP contribution in [0.5, 0.6) is 0 Å². The van der Waals surface area contributed by atoms with Crippen LogP contribution in [0.1, 0.15) is 0 Å². The van der Waals surface area contributed by atoms with Gasteiger partial charge in [-0.05, 0) is 0 Å². The van der Waals surface area contributed by atoms with E-state index in [1.54, 1.807) is 0 Å². The van der Waals surface area contributed by atoms with Gasteiger partial charge in [0.05, 0.1) is 27.7 Å². The molecule has 0 spiro atoms. The number of carbonyl (C=O) groups is 1. The molecule has 0 saturated heterocycles. The molecule has 0 rings (SSSR count). The first-order chi connectivity index (χ1) is 4.56. The van der Waals surface area contributed by atoms with Crippen molar-refractivity contribution in [1.29, 1.82) is 0 Å². The molecule has 0 aliphatic carbocycles. The van der Waals surface area contributed by atoms with Crippen LogP contribution in [0.3, 0.4) is 0 Å². The SMILES string of the molecule is C[N+](C)(C)CCOCC=O.[Cl-]. The van der Waals surface area contributed by atoms with Crippen molar-refractivity contribution in [3.05, 3.63) is 0 Å². The van der Waals surface area contributed by atoms with Crippen LogP contribution in [0.15, 0.2) is 0 Å². The minimum Gasteiger partial charge on any atom is -1.00 e. The summed E-state index contributed by atoms with van der Waals surface area (Å²) in [6.07, 6.45) is 0.773. The minimum absolute atomic E-state index is 0. The smallest absolute Gasteiger partial charge is 0.145 e. The maximum Gasteiger partial charge on any atom is 0.145 e. The van der Waals surface area contributed by atoms with Gasteiger partial charge in [0.1, 0.15) is 19.4 Å². The fourth-order valence-corrected chi connectivity index (χ4v) is 0.470. The minimum atomic E-state index is 0. The number of aldehydes is 1. The Balaban J connectivity index is 0. The van der Waals surface area contributed by atoms with Gasteiger partial charge in [0.15, 0.2) is 0 Å². The van der Waals surface area contributed by atoms with Gasteiger partial charge in [-0.2, -0.15) is 0 Å². The van der Waals surface area contributed by atoms with Crippen molar-refractivity contribution in [2.45, 2.75) is 0 Å². The van der Waals surface area contributed by atoms with E-state index in [1.807, 2.05) is 0 Å². The van der Waals surface area contributed by atoms with Gasteiger partial charge in [-0.1, -0.05) is 0 Å². The van der Waals surface area contributed by atoms with Crippen LogP contribution in [0.4, 0.5) is 0 Å². The van der Waals surface area contributed by atoms with E-state index < -0.39 is 0 Å². The fourth-order valence-electron chi connectivity index (χ4n) is 0.470. The maximum absolute atomic E-state index is 9.80. The molecule has 0 N–H and O–H groups in total. The van der Waals surface area contributed by atoms with E-state index in [2.05, 4.69) is 21.1 Å². The third kappa shape index (κ3) is 13.0. The quantitative estimate of drug-likeness (QED) is 0.256. The molecule has 0 aromatic carbocycles. The first-order valence-corrected chi connectivity index (χ1v) is 3.38. The number of likely N-dealkylation sites (N-methyl/N-ethyl adjacent to an activating group) is 1. The molecule has 0 radical (unpaired) electrons. The Kier molecular flexibility index (Phi) is 8.06. The lowest BCUT2D eigenvalue weighted by molar-refractivity contribution is -0.870. The monoisotopic (exact) mass is 181 g/mol. The standard InChI is InChI=1S/C7H16NO2.ClH/c1-8(2,3)4-6-10-7-5-9;/h5H,4,6-7H2,1-3H3;1H/q+1;/p-1. The molecule has 0 aromatic rings. The highest BCUT2D eigenvalue weighted by Gasteiger charge is 2.04. The van der Waals surface area contributed by atoms with Crippen LogP contribution in [-0.4, -0.2) is 51.7 Å². The number of hydrogen-bond acceptors (Lipinski definition) is 2. The zero-order valence-electron chi connectivity index (χ0n) is 7.34. The highest BCUT2D eigenvalue weighted by Crippen LogP contribution is 1.88. The van der Waals surface area contributed by atoms with Gasteiger partial charge < -0.3 is 26.4 Å². The van der Waals surface area contributed by atoms with Gasteiger partial charge in [-0.3, -0.25) is 0 Å². The Morgan fingerprint density at radius 3 is 2.27 bits per heavy atom. The van der Waals surface area contributed by atoms with Crippen LogP contribution in [0.25, 0.3) is 0 Å². The summed E-state index contributed by atoms with van der Waals surface area (Å²) in [6.45, 7) is 1.82. The van der Waals surface area contributed by atoms with Crippen molar-refractivity contribution in [3.63, 3.8) is 0 Å². The van der Waals surface area contributed by atoms with Crippen LogP contribution >= 0.6 is 0 Å². The number of ether oxygens (including phenoxy) is 1. The second-order valence-corrected chi connectivity index (χ2v) is 3.26. The number of quaternary nitrogens is 1. The molecule has 0 heterocycles. The van der Waals surface area contributed by atoms with Gasteiger partial charge in [0.25, 0.3) is 0 Å². The van der Waals surface area contributed by atoms with Crippen molar-refractivity contribution in [3.8, 4) is 0 Å². The van der Waals surface area contributed by atoms with E-state index in [9.17, 15) is 4.79 Å². The molecule has 4 heteroatoms. The number of halogens is 1. The molecule has 0 aliphatic heterocycles. The first kappa shape index (κ1) is 13.5. The summed E-state index contributed by atoms with van der Waals surface area (Å²) in [5.74, 6) is 0. The molecule has 11 heavy (non-hydrogen) atoms. The van der Waals surface area contributed by atoms with Crippen molar-refractivity contribution in [1.82, 2.24) is 0 Å². The van der Waals surface area contributed by atoms with E-state index >= 15 is 0 Å². The summed E-state index contributed by atoms with van der Waals surface area (Å²) >= 11 is 0. The number of nitrogens with zero attached hydrogens (tertiary/aromatic N) is 1. The summed E-state index contributed by atoms with van der Waals surface area (Å²) in [5.41, 5.74) is 0. The molecular weight excluding hydrogens is 166 g/mol. The van der Waals surface area contributed by atoms with Crippen LogP contribution in [0.2, 0.25) is 0 Å². The van der Waals surface area contributed by atoms with E-state index in [1.165, 1.54) is 0 Å². The average molecular weight is 182 g/mol. The lowest BCUT2D eigenvalue weighted by Gasteiger charge is -2.23. The van der Waals surface area contributed by atoms with E-state index in [0.29, 0.717) is 6.61 Å². The third-order valence-corrected chi connectivity index (χ3v) is 1.09. The highest BCUT2D eigenvalue weighted by molar-refractivity contribution is 5.50. The number of rotatable bonds is 5. The summed E-state index contributed by atoms with van der Waals surface area (Å²) in [4.78, 5) is 9.80. The summed E-state index contributed by atoms with van der Waals surface area (Å²) in [6, 6.07) is 0. The van der Waals surface area contributed by atoms with E-state index in [4.69, 9.17) is 4.74 Å². The van der Waals surface area contributed by atoms with Gasteiger partial charge in [-0.15, -0.1) is 0 Å². The topological polar surface area (TPSA) is 26.3 Å². The third-order valence-electron chi connectivity index (χ3n) is 1.09. The first-order valence-electron chi connectivity index (χ1n) is 3.38. The Hall–Kier alpha value is -0.120. The molecule has 0 atom stereocenters. The van der Waals surface area contributed by atoms with Crippen LogP contribution < -0.4 is 12.4 Å². The number of hydrogen-bond donors (Lipinski definition) is 0. The van der Waals surface area contributed by atoms with Crippen molar-refractivity contribution in [2.75, 3.05) is 40.9 Å². The van der Waals surface area contributed by atoms with Gasteiger partial charge in [-0.25, -0.2) is 0 Å². The Morgan fingerprint density at radius 2 is 1.91 bits per heavy atom. The Bertz CT molecular complexity index is 101. The fraction of sp³-hybridized carbons (Fsp3) is 0.857. The normalized spacial score (nSPS) is 10.5. The predicted octanol–water partition coefficient (Wildman–Crippen LogP) is -3.09. The Labute approximate surface area is 74.3 Å². The van der Waals surface area contributed by atoms with Crippen molar-refractivity contribution < 1.29 is 26.4 Å². The summed E-state index contributed by atoms with van der Waals surface area (Å²) in [5, 5.41) is 0. The van der Waals surface area contributed by atoms with Gasteiger partial charge in [0, 0.05) is 0 Å². The second-order valence-electron chi connectivity index (χ2n) is 3.26. The molecule has 0 aromatic heterocycles. The summed E-state index contributed by atoms with van der Waals surface area (Å²) in [7, 11) is 6.26.